The number of aromatic nitrogens is 1. The highest BCUT2D eigenvalue weighted by Crippen LogP contribution is 2.30. The van der Waals surface area contributed by atoms with E-state index in [1.165, 1.54) is 4.90 Å². The number of hydrogen-bond donors (Lipinski definition) is 0. The number of rotatable bonds is 8. The molecular weight excluding hydrogens is 424 g/mol. The largest absolute Gasteiger partial charge is 0.464 e. The minimum absolute atomic E-state index is 0.261. The molecule has 0 spiro atoms. The van der Waals surface area contributed by atoms with Crippen molar-refractivity contribution in [1.82, 2.24) is 9.88 Å². The van der Waals surface area contributed by atoms with Crippen LogP contribution in [0, 0.1) is 5.41 Å². The number of amides is 1. The summed E-state index contributed by atoms with van der Waals surface area (Å²) >= 11 is 1.54. The Bertz CT molecular complexity index is 908. The molecule has 1 amide bonds. The van der Waals surface area contributed by atoms with Crippen LogP contribution in [0.2, 0.25) is 0 Å². The molecule has 0 aromatic carbocycles. The molecule has 0 aliphatic carbocycles. The van der Waals surface area contributed by atoms with Crippen molar-refractivity contribution in [3.63, 3.8) is 0 Å². The molecule has 3 rings (SSSR count). The van der Waals surface area contributed by atoms with Gasteiger partial charge in [0.1, 0.15) is 6.04 Å². The smallest absolute Gasteiger partial charge is 0.329 e. The van der Waals surface area contributed by atoms with E-state index in [9.17, 15) is 14.4 Å². The van der Waals surface area contributed by atoms with Gasteiger partial charge in [-0.05, 0) is 47.9 Å². The van der Waals surface area contributed by atoms with Crippen LogP contribution in [0.1, 0.15) is 63.5 Å². The fraction of sp³-hybridized carbons (Fsp3) is 0.520. The van der Waals surface area contributed by atoms with Crippen LogP contribution in [-0.4, -0.2) is 40.2 Å². The van der Waals surface area contributed by atoms with Gasteiger partial charge in [-0.3, -0.25) is 14.6 Å². The molecule has 0 saturated heterocycles. The van der Waals surface area contributed by atoms with Crippen molar-refractivity contribution < 1.29 is 19.1 Å². The van der Waals surface area contributed by atoms with Gasteiger partial charge in [0.15, 0.2) is 0 Å². The molecule has 0 bridgehead atoms. The van der Waals surface area contributed by atoms with E-state index in [1.54, 1.807) is 37.6 Å². The molecule has 6 nitrogen and oxygen atoms in total. The summed E-state index contributed by atoms with van der Waals surface area (Å²) in [6, 6.07) is 5.06. The van der Waals surface area contributed by atoms with Crippen molar-refractivity contribution in [1.29, 1.82) is 0 Å². The molecule has 0 saturated carbocycles. The molecule has 0 N–H and O–H groups in total. The summed E-state index contributed by atoms with van der Waals surface area (Å²) < 4.78 is 5.51. The molecule has 0 radical (unpaired) electrons. The zero-order chi connectivity index (χ0) is 23.7. The van der Waals surface area contributed by atoms with Gasteiger partial charge in [0, 0.05) is 29.1 Å². The molecule has 3 heterocycles. The summed E-state index contributed by atoms with van der Waals surface area (Å²) in [7, 11) is 0. The lowest BCUT2D eigenvalue weighted by atomic mass is 9.84. The molecule has 1 unspecified atom stereocenters. The van der Waals surface area contributed by atoms with Gasteiger partial charge in [0.25, 0.3) is 5.91 Å². The predicted molar refractivity (Wildman–Crippen MR) is 126 cm³/mol. The fourth-order valence-corrected chi connectivity index (χ4v) is 4.28. The van der Waals surface area contributed by atoms with Gasteiger partial charge < -0.3 is 9.64 Å². The van der Waals surface area contributed by atoms with Crippen molar-refractivity contribution in [3.05, 3.63) is 52.0 Å². The van der Waals surface area contributed by atoms with Crippen molar-refractivity contribution in [3.8, 4) is 0 Å². The first kappa shape index (κ1) is 25.7. The molecule has 2 aromatic rings. The van der Waals surface area contributed by atoms with Gasteiger partial charge in [-0.1, -0.05) is 40.7 Å². The Morgan fingerprint density at radius 3 is 2.66 bits per heavy atom. The van der Waals surface area contributed by atoms with Crippen LogP contribution in [-0.2, 0) is 38.5 Å². The fourth-order valence-electron chi connectivity index (χ4n) is 3.37. The predicted octanol–water partition coefficient (Wildman–Crippen LogP) is 4.60. The van der Waals surface area contributed by atoms with Crippen LogP contribution in [0.15, 0.2) is 36.0 Å². The third-order valence-electron chi connectivity index (χ3n) is 5.74. The Morgan fingerprint density at radius 2 is 2.00 bits per heavy atom. The zero-order valence-corrected chi connectivity index (χ0v) is 20.5. The number of carbonyl (C=O) groups is 3. The number of nitrogens with zero attached hydrogens (tertiary/aromatic N) is 2. The van der Waals surface area contributed by atoms with E-state index < -0.39 is 29.1 Å². The summed E-state index contributed by atoms with van der Waals surface area (Å²) in [6.07, 6.45) is 5.88. The van der Waals surface area contributed by atoms with Crippen LogP contribution < -0.4 is 0 Å². The van der Waals surface area contributed by atoms with E-state index in [2.05, 4.69) is 4.98 Å². The quantitative estimate of drug-likeness (QED) is 0.328. The average molecular weight is 459 g/mol. The van der Waals surface area contributed by atoms with E-state index in [1.807, 2.05) is 44.4 Å². The van der Waals surface area contributed by atoms with Gasteiger partial charge in [0.2, 0.25) is 5.78 Å². The number of ether oxygens (including phenoxy) is 1. The maximum Gasteiger partial charge on any atom is 0.329 e. The minimum Gasteiger partial charge on any atom is -0.464 e. The Labute approximate surface area is 195 Å². The van der Waals surface area contributed by atoms with Crippen molar-refractivity contribution in [2.45, 2.75) is 72.9 Å². The molecular formula is C25H34N2O4S. The standard InChI is InChI=1S/C23H28N2O4S.C2H6/c1-4-23(2,3)20(26)21(27)25-15-19-17(9-12-30-19)13-18(25)22(28)29-11-6-8-16-7-5-10-24-14-16;1-2/h5,7,9-10,12,14,18H,4,6,8,11,13,15H2,1-3H3;1-2H3. The summed E-state index contributed by atoms with van der Waals surface area (Å²) in [6.45, 7) is 9.94. The van der Waals surface area contributed by atoms with E-state index in [4.69, 9.17) is 4.74 Å². The first-order chi connectivity index (χ1) is 15.3. The summed E-state index contributed by atoms with van der Waals surface area (Å²) in [5, 5.41) is 1.95. The summed E-state index contributed by atoms with van der Waals surface area (Å²) in [5.74, 6) is -1.51. The average Bonchev–Trinajstić information content (AvgIpc) is 3.29. The molecule has 1 aliphatic rings. The third-order valence-corrected chi connectivity index (χ3v) is 6.69. The number of aryl methyl sites for hydroxylation is 1. The lowest BCUT2D eigenvalue weighted by Gasteiger charge is -2.35. The van der Waals surface area contributed by atoms with Crippen LogP contribution in [0.5, 0.6) is 0 Å². The van der Waals surface area contributed by atoms with Gasteiger partial charge in [-0.15, -0.1) is 11.3 Å². The number of Topliss-reactive ketones (excluding diaryl/α,β-unsaturated/α-hetero) is 1. The zero-order valence-electron chi connectivity index (χ0n) is 19.7. The topological polar surface area (TPSA) is 76.6 Å². The van der Waals surface area contributed by atoms with Crippen LogP contribution in [0.25, 0.3) is 0 Å². The number of carbonyl (C=O) groups excluding carboxylic acids is 3. The molecule has 174 valence electrons. The lowest BCUT2D eigenvalue weighted by Crippen LogP contribution is -2.53. The van der Waals surface area contributed by atoms with E-state index in [0.29, 0.717) is 19.3 Å². The second-order valence-corrected chi connectivity index (χ2v) is 9.22. The highest BCUT2D eigenvalue weighted by Gasteiger charge is 2.42. The third kappa shape index (κ3) is 6.25. The summed E-state index contributed by atoms with van der Waals surface area (Å²) in [4.78, 5) is 45.2. The van der Waals surface area contributed by atoms with Crippen molar-refractivity contribution >= 4 is 29.0 Å². The maximum absolute atomic E-state index is 13.0. The Kier molecular flexibility index (Phi) is 9.57. The molecule has 1 atom stereocenters. The van der Waals surface area contributed by atoms with Crippen LogP contribution >= 0.6 is 11.3 Å². The van der Waals surface area contributed by atoms with E-state index in [-0.39, 0.29) is 13.2 Å². The second-order valence-electron chi connectivity index (χ2n) is 8.22. The van der Waals surface area contributed by atoms with Gasteiger partial charge >= 0.3 is 5.97 Å². The first-order valence-corrected chi connectivity index (χ1v) is 12.2. The normalized spacial score (nSPS) is 15.3. The highest BCUT2D eigenvalue weighted by molar-refractivity contribution is 7.10. The number of fused-ring (bicyclic) bond motifs is 1. The molecule has 32 heavy (non-hydrogen) atoms. The molecule has 1 aliphatic heterocycles. The number of ketones is 1. The number of thiophene rings is 1. The minimum atomic E-state index is -0.769. The van der Waals surface area contributed by atoms with Gasteiger partial charge in [-0.2, -0.15) is 0 Å². The first-order valence-electron chi connectivity index (χ1n) is 11.3. The molecule has 2 aromatic heterocycles. The number of esters is 1. The SMILES string of the molecule is CC.CCC(C)(C)C(=O)C(=O)N1Cc2sccc2CC1C(=O)OCCCc1cccnc1. The second kappa shape index (κ2) is 11.9. The molecule has 7 heteroatoms. The molecule has 0 fully saturated rings. The number of pyridine rings is 1. The Hall–Kier alpha value is -2.54. The van der Waals surface area contributed by atoms with E-state index in [0.717, 1.165) is 22.4 Å². The van der Waals surface area contributed by atoms with Crippen molar-refractivity contribution in [2.75, 3.05) is 6.61 Å². The van der Waals surface area contributed by atoms with Crippen LogP contribution in [0.3, 0.4) is 0 Å². The van der Waals surface area contributed by atoms with Gasteiger partial charge in [-0.25, -0.2) is 4.79 Å². The number of hydrogen-bond acceptors (Lipinski definition) is 6. The monoisotopic (exact) mass is 458 g/mol. The Balaban J connectivity index is 0.00000176. The maximum atomic E-state index is 13.0. The van der Waals surface area contributed by atoms with Crippen molar-refractivity contribution in [2.24, 2.45) is 5.41 Å². The lowest BCUT2D eigenvalue weighted by molar-refractivity contribution is -0.160. The van der Waals surface area contributed by atoms with E-state index >= 15 is 0 Å². The van der Waals surface area contributed by atoms with Gasteiger partial charge in [0.05, 0.1) is 13.2 Å². The Morgan fingerprint density at radius 1 is 1.25 bits per heavy atom. The summed E-state index contributed by atoms with van der Waals surface area (Å²) in [5.41, 5.74) is 1.37. The highest BCUT2D eigenvalue weighted by atomic mass is 32.1. The van der Waals surface area contributed by atoms with Crippen LogP contribution in [0.4, 0.5) is 0 Å².